The number of alkyl halides is 3. The topological polar surface area (TPSA) is 45.5 Å². The van der Waals surface area contributed by atoms with Gasteiger partial charge in [0, 0.05) is 12.2 Å². The molecule has 27 heavy (non-hydrogen) atoms. The van der Waals surface area contributed by atoms with Crippen LogP contribution in [0.3, 0.4) is 0 Å². The van der Waals surface area contributed by atoms with E-state index in [-0.39, 0.29) is 18.8 Å². The minimum Gasteiger partial charge on any atom is -0.467 e. The molecule has 0 saturated carbocycles. The summed E-state index contributed by atoms with van der Waals surface area (Å²) >= 11 is 0. The van der Waals surface area contributed by atoms with E-state index in [9.17, 15) is 18.0 Å². The predicted octanol–water partition coefficient (Wildman–Crippen LogP) is 5.53. The molecule has 0 spiro atoms. The normalized spacial score (nSPS) is 11.2. The number of amides is 2. The molecule has 0 atom stereocenters. The van der Waals surface area contributed by atoms with E-state index in [2.05, 4.69) is 5.32 Å². The second-order valence-electron chi connectivity index (χ2n) is 5.93. The first-order valence-electron chi connectivity index (χ1n) is 8.21. The molecule has 7 heteroatoms. The lowest BCUT2D eigenvalue weighted by atomic mass is 10.2. The number of hydrogen-bond donors (Lipinski definition) is 1. The summed E-state index contributed by atoms with van der Waals surface area (Å²) < 4.78 is 43.9. The van der Waals surface area contributed by atoms with Gasteiger partial charge in [0.25, 0.3) is 0 Å². The van der Waals surface area contributed by atoms with Crippen LogP contribution in [0.15, 0.2) is 77.4 Å². The molecule has 2 amide bonds. The van der Waals surface area contributed by atoms with Crippen molar-refractivity contribution in [1.82, 2.24) is 4.90 Å². The van der Waals surface area contributed by atoms with Gasteiger partial charge in [0.05, 0.1) is 18.4 Å². The molecule has 140 valence electrons. The van der Waals surface area contributed by atoms with Crippen LogP contribution < -0.4 is 5.32 Å². The second kappa shape index (κ2) is 7.99. The van der Waals surface area contributed by atoms with Crippen LogP contribution in [0.5, 0.6) is 0 Å². The summed E-state index contributed by atoms with van der Waals surface area (Å²) in [6.45, 7) is 0.471. The van der Waals surface area contributed by atoms with E-state index in [0.29, 0.717) is 5.76 Å². The number of carbonyl (C=O) groups excluding carboxylic acids is 1. The monoisotopic (exact) mass is 374 g/mol. The zero-order valence-corrected chi connectivity index (χ0v) is 14.2. The standard InChI is InChI=1S/C20H17F3N2O2/c21-20(22,23)16-8-4-9-17(12-16)24-19(26)25(14-18-10-5-11-27-18)13-15-6-2-1-3-7-15/h1-12H,13-14H2,(H,24,26). The van der Waals surface area contributed by atoms with Gasteiger partial charge in [-0.3, -0.25) is 0 Å². The largest absolute Gasteiger partial charge is 0.467 e. The Morgan fingerprint density at radius 3 is 2.41 bits per heavy atom. The molecule has 0 fully saturated rings. The van der Waals surface area contributed by atoms with Crippen molar-refractivity contribution in [3.63, 3.8) is 0 Å². The number of hydrogen-bond acceptors (Lipinski definition) is 2. The van der Waals surface area contributed by atoms with Crippen molar-refractivity contribution in [2.24, 2.45) is 0 Å². The third-order valence-corrected chi connectivity index (χ3v) is 3.87. The fourth-order valence-electron chi connectivity index (χ4n) is 2.57. The first-order chi connectivity index (χ1) is 12.9. The first-order valence-corrected chi connectivity index (χ1v) is 8.21. The van der Waals surface area contributed by atoms with Crippen LogP contribution in [0.1, 0.15) is 16.9 Å². The van der Waals surface area contributed by atoms with Gasteiger partial charge in [0.1, 0.15) is 5.76 Å². The number of nitrogens with one attached hydrogen (secondary N) is 1. The maximum atomic E-state index is 12.9. The van der Waals surface area contributed by atoms with Gasteiger partial charge in [0.2, 0.25) is 0 Å². The number of benzene rings is 2. The average Bonchev–Trinajstić information content (AvgIpc) is 3.15. The van der Waals surface area contributed by atoms with E-state index in [0.717, 1.165) is 17.7 Å². The van der Waals surface area contributed by atoms with Crippen LogP contribution in [-0.4, -0.2) is 10.9 Å². The summed E-state index contributed by atoms with van der Waals surface area (Å²) in [5.41, 5.74) is 0.150. The van der Waals surface area contributed by atoms with E-state index in [1.54, 1.807) is 12.1 Å². The maximum absolute atomic E-state index is 12.9. The molecule has 0 aliphatic rings. The van der Waals surface area contributed by atoms with Crippen molar-refractivity contribution in [1.29, 1.82) is 0 Å². The van der Waals surface area contributed by atoms with Crippen LogP contribution in [0.25, 0.3) is 0 Å². The number of nitrogens with zero attached hydrogens (tertiary/aromatic N) is 1. The van der Waals surface area contributed by atoms with Gasteiger partial charge in [-0.05, 0) is 35.9 Å². The summed E-state index contributed by atoms with van der Waals surface area (Å²) in [7, 11) is 0. The van der Waals surface area contributed by atoms with E-state index < -0.39 is 17.8 Å². The van der Waals surface area contributed by atoms with Gasteiger partial charge in [-0.25, -0.2) is 4.79 Å². The van der Waals surface area contributed by atoms with Gasteiger partial charge in [0.15, 0.2) is 0 Å². The van der Waals surface area contributed by atoms with E-state index >= 15 is 0 Å². The van der Waals surface area contributed by atoms with Crippen molar-refractivity contribution in [3.8, 4) is 0 Å². The molecule has 4 nitrogen and oxygen atoms in total. The number of furan rings is 1. The highest BCUT2D eigenvalue weighted by Crippen LogP contribution is 2.30. The molecule has 0 bridgehead atoms. The summed E-state index contributed by atoms with van der Waals surface area (Å²) in [5, 5.41) is 2.53. The smallest absolute Gasteiger partial charge is 0.416 e. The van der Waals surface area contributed by atoms with Gasteiger partial charge in [-0.1, -0.05) is 36.4 Å². The molecule has 2 aromatic carbocycles. The average molecular weight is 374 g/mol. The summed E-state index contributed by atoms with van der Waals surface area (Å²) in [6, 6.07) is 16.8. The van der Waals surface area contributed by atoms with Crippen LogP contribution >= 0.6 is 0 Å². The van der Waals surface area contributed by atoms with Crippen molar-refractivity contribution >= 4 is 11.7 Å². The Morgan fingerprint density at radius 2 is 1.74 bits per heavy atom. The number of halogens is 3. The zero-order chi connectivity index (χ0) is 19.3. The molecule has 1 N–H and O–H groups in total. The first kappa shape index (κ1) is 18.6. The molecule has 0 radical (unpaired) electrons. The van der Waals surface area contributed by atoms with Crippen molar-refractivity contribution in [3.05, 3.63) is 89.9 Å². The van der Waals surface area contributed by atoms with Crippen molar-refractivity contribution in [2.75, 3.05) is 5.32 Å². The third kappa shape index (κ3) is 5.13. The fourth-order valence-corrected chi connectivity index (χ4v) is 2.57. The quantitative estimate of drug-likeness (QED) is 0.638. The second-order valence-corrected chi connectivity index (χ2v) is 5.93. The maximum Gasteiger partial charge on any atom is 0.416 e. The molecule has 1 heterocycles. The third-order valence-electron chi connectivity index (χ3n) is 3.87. The highest BCUT2D eigenvalue weighted by Gasteiger charge is 2.30. The lowest BCUT2D eigenvalue weighted by molar-refractivity contribution is -0.137. The molecule has 0 aliphatic carbocycles. The van der Waals surface area contributed by atoms with E-state index in [4.69, 9.17) is 4.42 Å². The predicted molar refractivity (Wildman–Crippen MR) is 94.9 cm³/mol. The Balaban J connectivity index is 1.78. The highest BCUT2D eigenvalue weighted by atomic mass is 19.4. The Bertz CT molecular complexity index is 878. The van der Waals surface area contributed by atoms with E-state index in [1.807, 2.05) is 30.3 Å². The van der Waals surface area contributed by atoms with Crippen LogP contribution in [-0.2, 0) is 19.3 Å². The minimum absolute atomic E-state index is 0.0762. The number of carbonyl (C=O) groups is 1. The Kier molecular flexibility index (Phi) is 5.49. The molecule has 0 aliphatic heterocycles. The van der Waals surface area contributed by atoms with Gasteiger partial charge < -0.3 is 14.6 Å². The molecule has 3 aromatic rings. The van der Waals surface area contributed by atoms with Gasteiger partial charge >= 0.3 is 12.2 Å². The fraction of sp³-hybridized carbons (Fsp3) is 0.150. The summed E-state index contributed by atoms with van der Waals surface area (Å²) in [5.74, 6) is 0.574. The lowest BCUT2D eigenvalue weighted by Gasteiger charge is -2.22. The molecule has 1 aromatic heterocycles. The van der Waals surface area contributed by atoms with Crippen molar-refractivity contribution < 1.29 is 22.4 Å². The van der Waals surface area contributed by atoms with Crippen LogP contribution in [0.4, 0.5) is 23.7 Å². The van der Waals surface area contributed by atoms with Crippen molar-refractivity contribution in [2.45, 2.75) is 19.3 Å². The number of urea groups is 1. The Hall–Kier alpha value is -3.22. The Labute approximate surface area is 154 Å². The van der Waals surface area contributed by atoms with E-state index in [1.165, 1.54) is 23.3 Å². The zero-order valence-electron chi connectivity index (χ0n) is 14.2. The van der Waals surface area contributed by atoms with Crippen LogP contribution in [0.2, 0.25) is 0 Å². The number of anilines is 1. The SMILES string of the molecule is O=C(Nc1cccc(C(F)(F)F)c1)N(Cc1ccccc1)Cc1ccco1. The van der Waals surface area contributed by atoms with Crippen LogP contribution in [0, 0.1) is 0 Å². The molecule has 0 saturated heterocycles. The summed E-state index contributed by atoms with van der Waals surface area (Å²) in [4.78, 5) is 14.2. The highest BCUT2D eigenvalue weighted by molar-refractivity contribution is 5.89. The summed E-state index contributed by atoms with van der Waals surface area (Å²) in [6.07, 6.45) is -2.97. The molecule has 0 unspecified atom stereocenters. The number of rotatable bonds is 5. The minimum atomic E-state index is -4.47. The Morgan fingerprint density at radius 1 is 0.963 bits per heavy atom. The van der Waals surface area contributed by atoms with Gasteiger partial charge in [-0.15, -0.1) is 0 Å². The van der Waals surface area contributed by atoms with Gasteiger partial charge in [-0.2, -0.15) is 13.2 Å². The molecule has 3 rings (SSSR count). The molecular weight excluding hydrogens is 357 g/mol. The lowest BCUT2D eigenvalue weighted by Crippen LogP contribution is -2.34. The molecular formula is C20H17F3N2O2.